The molecule has 110 valence electrons. The first-order chi connectivity index (χ1) is 10.2. The largest absolute Gasteiger partial charge is 0.464 e. The van der Waals surface area contributed by atoms with Crippen molar-refractivity contribution in [3.05, 3.63) is 59.6 Å². The number of anilines is 1. The first-order valence-electron chi connectivity index (χ1n) is 7.17. The first-order valence-corrected chi connectivity index (χ1v) is 7.17. The van der Waals surface area contributed by atoms with Crippen LogP contribution in [0.4, 0.5) is 5.69 Å². The lowest BCUT2D eigenvalue weighted by Gasteiger charge is -2.27. The maximum absolute atomic E-state index is 5.85. The SMILES string of the molecule is CCOC1CC=C2CC=C(Oc3ccc(N)cc3)C=C2O1. The Bertz CT molecular complexity index is 599. The number of nitrogen functional groups attached to an aromatic ring is 1. The van der Waals surface area contributed by atoms with Gasteiger partial charge in [0.25, 0.3) is 0 Å². The number of benzene rings is 1. The van der Waals surface area contributed by atoms with Gasteiger partial charge in [-0.25, -0.2) is 0 Å². The molecule has 21 heavy (non-hydrogen) atoms. The minimum atomic E-state index is -0.194. The highest BCUT2D eigenvalue weighted by Gasteiger charge is 2.22. The van der Waals surface area contributed by atoms with Crippen molar-refractivity contribution in [2.24, 2.45) is 0 Å². The van der Waals surface area contributed by atoms with Gasteiger partial charge in [-0.1, -0.05) is 6.08 Å². The number of hydrogen-bond acceptors (Lipinski definition) is 4. The molecule has 0 saturated heterocycles. The van der Waals surface area contributed by atoms with E-state index in [0.717, 1.165) is 35.8 Å². The summed E-state index contributed by atoms with van der Waals surface area (Å²) in [5.74, 6) is 2.38. The van der Waals surface area contributed by atoms with E-state index in [9.17, 15) is 0 Å². The van der Waals surface area contributed by atoms with Crippen molar-refractivity contribution < 1.29 is 14.2 Å². The summed E-state index contributed by atoms with van der Waals surface area (Å²) in [5.41, 5.74) is 7.58. The lowest BCUT2D eigenvalue weighted by molar-refractivity contribution is -0.112. The van der Waals surface area contributed by atoms with E-state index in [-0.39, 0.29) is 6.29 Å². The minimum absolute atomic E-state index is 0.194. The monoisotopic (exact) mass is 285 g/mol. The van der Waals surface area contributed by atoms with E-state index in [1.165, 1.54) is 5.57 Å². The molecule has 1 aromatic carbocycles. The highest BCUT2D eigenvalue weighted by Crippen LogP contribution is 2.31. The van der Waals surface area contributed by atoms with Crippen molar-refractivity contribution in [2.45, 2.75) is 26.1 Å². The van der Waals surface area contributed by atoms with E-state index in [4.69, 9.17) is 19.9 Å². The van der Waals surface area contributed by atoms with Crippen LogP contribution < -0.4 is 10.5 Å². The van der Waals surface area contributed by atoms with Crippen molar-refractivity contribution in [1.29, 1.82) is 0 Å². The van der Waals surface area contributed by atoms with Crippen LogP contribution in [0.1, 0.15) is 19.8 Å². The Hall–Kier alpha value is -2.20. The van der Waals surface area contributed by atoms with Gasteiger partial charge in [-0.2, -0.15) is 0 Å². The number of hydrogen-bond donors (Lipinski definition) is 1. The maximum atomic E-state index is 5.85. The second-order valence-corrected chi connectivity index (χ2v) is 4.96. The summed E-state index contributed by atoms with van der Waals surface area (Å²) in [5, 5.41) is 0. The van der Waals surface area contributed by atoms with Gasteiger partial charge in [0.05, 0.1) is 0 Å². The van der Waals surface area contributed by atoms with Crippen LogP contribution in [0.15, 0.2) is 59.6 Å². The Kier molecular flexibility index (Phi) is 3.97. The molecule has 0 spiro atoms. The molecule has 0 fully saturated rings. The molecule has 4 nitrogen and oxygen atoms in total. The van der Waals surface area contributed by atoms with Gasteiger partial charge in [-0.3, -0.25) is 0 Å². The second kappa shape index (κ2) is 6.06. The predicted molar refractivity (Wildman–Crippen MR) is 81.5 cm³/mol. The number of allylic oxidation sites excluding steroid dienone is 3. The quantitative estimate of drug-likeness (QED) is 0.860. The van der Waals surface area contributed by atoms with E-state index in [2.05, 4.69) is 12.2 Å². The fourth-order valence-corrected chi connectivity index (χ4v) is 2.34. The van der Waals surface area contributed by atoms with E-state index < -0.39 is 0 Å². The van der Waals surface area contributed by atoms with Crippen LogP contribution in [0.5, 0.6) is 5.75 Å². The predicted octanol–water partition coefficient (Wildman–Crippen LogP) is 3.53. The summed E-state index contributed by atoms with van der Waals surface area (Å²) in [6.45, 7) is 2.61. The third-order valence-corrected chi connectivity index (χ3v) is 3.40. The standard InChI is InChI=1S/C17H19NO3/c1-2-19-17-10-4-12-3-7-15(11-16(12)21-17)20-14-8-5-13(18)6-9-14/h4-9,11,17H,2-3,10,18H2,1H3. The molecule has 3 rings (SSSR count). The Labute approximate surface area is 124 Å². The van der Waals surface area contributed by atoms with Crippen LogP contribution in [-0.4, -0.2) is 12.9 Å². The summed E-state index contributed by atoms with van der Waals surface area (Å²) in [6, 6.07) is 7.34. The van der Waals surface area contributed by atoms with Gasteiger partial charge in [0.15, 0.2) is 0 Å². The van der Waals surface area contributed by atoms with Crippen LogP contribution in [-0.2, 0) is 9.47 Å². The Morgan fingerprint density at radius 2 is 2.05 bits per heavy atom. The van der Waals surface area contributed by atoms with E-state index in [0.29, 0.717) is 6.61 Å². The molecule has 0 radical (unpaired) electrons. The Morgan fingerprint density at radius 3 is 2.81 bits per heavy atom. The molecule has 1 atom stereocenters. The molecule has 0 aromatic heterocycles. The highest BCUT2D eigenvalue weighted by molar-refractivity contribution is 5.44. The van der Waals surface area contributed by atoms with Crippen molar-refractivity contribution in [1.82, 2.24) is 0 Å². The third-order valence-electron chi connectivity index (χ3n) is 3.40. The molecule has 0 amide bonds. The maximum Gasteiger partial charge on any atom is 0.203 e. The summed E-state index contributed by atoms with van der Waals surface area (Å²) in [7, 11) is 0. The number of ether oxygens (including phenoxy) is 3. The molecule has 4 heteroatoms. The zero-order valence-electron chi connectivity index (χ0n) is 12.0. The highest BCUT2D eigenvalue weighted by atomic mass is 16.7. The minimum Gasteiger partial charge on any atom is -0.464 e. The molecule has 1 unspecified atom stereocenters. The van der Waals surface area contributed by atoms with Crippen LogP contribution in [0.25, 0.3) is 0 Å². The van der Waals surface area contributed by atoms with E-state index in [1.54, 1.807) is 0 Å². The fraction of sp³-hybridized carbons (Fsp3) is 0.294. The van der Waals surface area contributed by atoms with Gasteiger partial charge in [0, 0.05) is 24.8 Å². The average molecular weight is 285 g/mol. The third kappa shape index (κ3) is 3.28. The molecule has 0 bridgehead atoms. The van der Waals surface area contributed by atoms with Gasteiger partial charge in [-0.05, 0) is 49.3 Å². The molecule has 2 aliphatic rings. The van der Waals surface area contributed by atoms with Gasteiger partial charge in [0.2, 0.25) is 6.29 Å². The zero-order chi connectivity index (χ0) is 14.7. The Balaban J connectivity index is 1.71. The van der Waals surface area contributed by atoms with Gasteiger partial charge in [0.1, 0.15) is 17.3 Å². The molecule has 1 aliphatic carbocycles. The lowest BCUT2D eigenvalue weighted by Crippen LogP contribution is -2.22. The van der Waals surface area contributed by atoms with E-state index >= 15 is 0 Å². The summed E-state index contributed by atoms with van der Waals surface area (Å²) in [6.07, 6.45) is 7.55. The number of rotatable bonds is 4. The number of fused-ring (bicyclic) bond motifs is 1. The molecular formula is C17H19NO3. The topological polar surface area (TPSA) is 53.7 Å². The molecule has 1 aromatic rings. The van der Waals surface area contributed by atoms with Crippen molar-refractivity contribution >= 4 is 5.69 Å². The summed E-state index contributed by atoms with van der Waals surface area (Å²) >= 11 is 0. The molecule has 1 aliphatic heterocycles. The van der Waals surface area contributed by atoms with Crippen LogP contribution >= 0.6 is 0 Å². The smallest absolute Gasteiger partial charge is 0.203 e. The molecular weight excluding hydrogens is 266 g/mol. The van der Waals surface area contributed by atoms with Crippen molar-refractivity contribution in [3.63, 3.8) is 0 Å². The number of nitrogens with two attached hydrogens (primary N) is 1. The van der Waals surface area contributed by atoms with Crippen LogP contribution in [0.2, 0.25) is 0 Å². The average Bonchev–Trinajstić information content (AvgIpc) is 2.50. The van der Waals surface area contributed by atoms with Gasteiger partial charge < -0.3 is 19.9 Å². The molecule has 1 heterocycles. The van der Waals surface area contributed by atoms with Crippen molar-refractivity contribution in [2.75, 3.05) is 12.3 Å². The second-order valence-electron chi connectivity index (χ2n) is 4.96. The first kappa shape index (κ1) is 13.8. The van der Waals surface area contributed by atoms with Crippen molar-refractivity contribution in [3.8, 4) is 5.75 Å². The summed E-state index contributed by atoms with van der Waals surface area (Å²) < 4.78 is 17.2. The summed E-state index contributed by atoms with van der Waals surface area (Å²) in [4.78, 5) is 0. The van der Waals surface area contributed by atoms with Crippen LogP contribution in [0, 0.1) is 0 Å². The fourth-order valence-electron chi connectivity index (χ4n) is 2.34. The normalized spacial score (nSPS) is 20.6. The van der Waals surface area contributed by atoms with Gasteiger partial charge in [-0.15, -0.1) is 0 Å². The molecule has 0 saturated carbocycles. The van der Waals surface area contributed by atoms with Crippen LogP contribution in [0.3, 0.4) is 0 Å². The Morgan fingerprint density at radius 1 is 1.24 bits per heavy atom. The van der Waals surface area contributed by atoms with E-state index in [1.807, 2.05) is 37.3 Å². The molecule has 2 N–H and O–H groups in total. The lowest BCUT2D eigenvalue weighted by atomic mass is 10.0. The van der Waals surface area contributed by atoms with Gasteiger partial charge >= 0.3 is 0 Å². The zero-order valence-corrected chi connectivity index (χ0v) is 12.0.